The molecule has 6 rings (SSSR count). The summed E-state index contributed by atoms with van der Waals surface area (Å²) < 4.78 is 33.9. The van der Waals surface area contributed by atoms with Crippen LogP contribution in [0.1, 0.15) is 28.2 Å². The van der Waals surface area contributed by atoms with Crippen molar-refractivity contribution in [3.05, 3.63) is 82.1 Å². The third kappa shape index (κ3) is 3.71. The van der Waals surface area contributed by atoms with Crippen LogP contribution in [0.4, 0.5) is 5.69 Å². The number of anilines is 1. The lowest BCUT2D eigenvalue weighted by Gasteiger charge is -2.36. The Labute approximate surface area is 214 Å². The number of ether oxygens (including phenoxy) is 6. The van der Waals surface area contributed by atoms with Gasteiger partial charge in [0.25, 0.3) is 0 Å². The zero-order chi connectivity index (χ0) is 25.7. The maximum atomic E-state index is 13.3. The van der Waals surface area contributed by atoms with E-state index >= 15 is 0 Å². The van der Waals surface area contributed by atoms with Gasteiger partial charge in [0.15, 0.2) is 23.0 Å². The number of rotatable bonds is 6. The second kappa shape index (κ2) is 8.96. The van der Waals surface area contributed by atoms with Gasteiger partial charge in [0.1, 0.15) is 6.61 Å². The number of benzene rings is 3. The molecule has 3 heterocycles. The Kier molecular flexibility index (Phi) is 5.59. The van der Waals surface area contributed by atoms with Crippen LogP contribution in [0.3, 0.4) is 0 Å². The Balaban J connectivity index is 1.57. The van der Waals surface area contributed by atoms with Crippen LogP contribution in [0.2, 0.25) is 0 Å². The minimum atomic E-state index is -0.433. The predicted molar refractivity (Wildman–Crippen MR) is 136 cm³/mol. The average molecular weight is 502 g/mol. The van der Waals surface area contributed by atoms with E-state index in [1.165, 1.54) is 5.56 Å². The van der Waals surface area contributed by atoms with Gasteiger partial charge in [-0.15, -0.1) is 0 Å². The number of fused-ring (bicyclic) bond motifs is 2. The van der Waals surface area contributed by atoms with Gasteiger partial charge in [-0.3, -0.25) is 0 Å². The number of carbonyl (C=O) groups is 1. The van der Waals surface area contributed by atoms with Gasteiger partial charge < -0.3 is 33.3 Å². The lowest BCUT2D eigenvalue weighted by Crippen LogP contribution is -2.30. The molecule has 0 fully saturated rings. The fraction of sp³-hybridized carbons (Fsp3) is 0.276. The fourth-order valence-electron chi connectivity index (χ4n) is 5.30. The van der Waals surface area contributed by atoms with Crippen LogP contribution in [-0.4, -0.2) is 40.7 Å². The molecule has 3 aromatic rings. The van der Waals surface area contributed by atoms with Crippen molar-refractivity contribution in [2.24, 2.45) is 0 Å². The molecule has 0 spiro atoms. The number of aryl methyl sites for hydroxylation is 1. The monoisotopic (exact) mass is 501 g/mol. The summed E-state index contributed by atoms with van der Waals surface area (Å²) in [6.45, 7) is 2.98. The third-order valence-corrected chi connectivity index (χ3v) is 7.09. The van der Waals surface area contributed by atoms with Crippen LogP contribution >= 0.6 is 0 Å². The molecule has 3 aromatic carbocycles. The highest BCUT2D eigenvalue weighted by Crippen LogP contribution is 2.53. The lowest BCUT2D eigenvalue weighted by atomic mass is 9.80. The molecule has 190 valence electrons. The molecular formula is C29H27NO7. The standard InChI is InChI=1S/C29H27NO7/c1-16-5-7-17(8-6-16)13-30-20-12-23-22(36-15-37-23)11-19(20)26(27-21(30)14-35-29(27)31)18-9-24(32-2)28(34-4)25(10-18)33-3/h5-12,26H,13-15H2,1-4H3. The molecule has 3 aliphatic heterocycles. The van der Waals surface area contributed by atoms with E-state index in [0.29, 0.717) is 40.9 Å². The van der Waals surface area contributed by atoms with Gasteiger partial charge >= 0.3 is 5.97 Å². The van der Waals surface area contributed by atoms with Crippen molar-refractivity contribution in [1.29, 1.82) is 0 Å². The number of carbonyl (C=O) groups excluding carboxylic acids is 1. The van der Waals surface area contributed by atoms with Gasteiger partial charge in [0.05, 0.1) is 32.6 Å². The summed E-state index contributed by atoms with van der Waals surface area (Å²) in [5.41, 5.74) is 6.38. The van der Waals surface area contributed by atoms with E-state index in [9.17, 15) is 4.79 Å². The maximum absolute atomic E-state index is 13.3. The van der Waals surface area contributed by atoms with Crippen LogP contribution in [0.5, 0.6) is 28.7 Å². The summed E-state index contributed by atoms with van der Waals surface area (Å²) in [7, 11) is 4.71. The lowest BCUT2D eigenvalue weighted by molar-refractivity contribution is -0.136. The van der Waals surface area contributed by atoms with Crippen LogP contribution in [-0.2, 0) is 16.1 Å². The van der Waals surface area contributed by atoms with E-state index in [4.69, 9.17) is 28.4 Å². The minimum Gasteiger partial charge on any atom is -0.493 e. The largest absolute Gasteiger partial charge is 0.493 e. The second-order valence-electron chi connectivity index (χ2n) is 9.16. The van der Waals surface area contributed by atoms with Crippen molar-refractivity contribution in [1.82, 2.24) is 0 Å². The highest BCUT2D eigenvalue weighted by molar-refractivity contribution is 5.98. The number of hydrogen-bond donors (Lipinski definition) is 0. The zero-order valence-corrected chi connectivity index (χ0v) is 21.1. The summed E-state index contributed by atoms with van der Waals surface area (Å²) in [5.74, 6) is 2.04. The Bertz CT molecular complexity index is 1400. The molecule has 0 aliphatic carbocycles. The minimum absolute atomic E-state index is 0.153. The first-order valence-corrected chi connectivity index (χ1v) is 12.0. The van der Waals surface area contributed by atoms with Crippen molar-refractivity contribution < 1.29 is 33.2 Å². The summed E-state index contributed by atoms with van der Waals surface area (Å²) in [4.78, 5) is 15.4. The fourth-order valence-corrected chi connectivity index (χ4v) is 5.30. The molecule has 8 heteroatoms. The molecule has 1 unspecified atom stereocenters. The molecule has 0 radical (unpaired) electrons. The van der Waals surface area contributed by atoms with E-state index in [1.54, 1.807) is 21.3 Å². The number of nitrogens with zero attached hydrogens (tertiary/aromatic N) is 1. The van der Waals surface area contributed by atoms with Gasteiger partial charge in [-0.2, -0.15) is 0 Å². The summed E-state index contributed by atoms with van der Waals surface area (Å²) in [6.07, 6.45) is 0. The van der Waals surface area contributed by atoms with Gasteiger partial charge in [-0.1, -0.05) is 29.8 Å². The van der Waals surface area contributed by atoms with E-state index in [0.717, 1.165) is 28.1 Å². The smallest absolute Gasteiger partial charge is 0.337 e. The summed E-state index contributed by atoms with van der Waals surface area (Å²) in [5, 5.41) is 0. The van der Waals surface area contributed by atoms with Crippen molar-refractivity contribution in [2.45, 2.75) is 19.4 Å². The summed E-state index contributed by atoms with van der Waals surface area (Å²) in [6, 6.07) is 16.1. The van der Waals surface area contributed by atoms with Crippen LogP contribution in [0.15, 0.2) is 59.8 Å². The van der Waals surface area contributed by atoms with E-state index in [1.807, 2.05) is 24.3 Å². The van der Waals surface area contributed by atoms with E-state index < -0.39 is 5.92 Å². The maximum Gasteiger partial charge on any atom is 0.337 e. The van der Waals surface area contributed by atoms with Gasteiger partial charge in [-0.05, 0) is 41.8 Å². The molecule has 0 aromatic heterocycles. The molecule has 3 aliphatic rings. The molecule has 8 nitrogen and oxygen atoms in total. The molecular weight excluding hydrogens is 474 g/mol. The number of hydrogen-bond acceptors (Lipinski definition) is 8. The van der Waals surface area contributed by atoms with Crippen molar-refractivity contribution >= 4 is 11.7 Å². The predicted octanol–water partition coefficient (Wildman–Crippen LogP) is 4.71. The highest BCUT2D eigenvalue weighted by Gasteiger charge is 2.43. The van der Waals surface area contributed by atoms with Gasteiger partial charge in [0.2, 0.25) is 12.5 Å². The molecule has 0 saturated carbocycles. The highest BCUT2D eigenvalue weighted by atomic mass is 16.7. The Hall–Kier alpha value is -4.33. The second-order valence-corrected chi connectivity index (χ2v) is 9.16. The Morgan fingerprint density at radius 2 is 1.57 bits per heavy atom. The Morgan fingerprint density at radius 3 is 2.22 bits per heavy atom. The Morgan fingerprint density at radius 1 is 0.892 bits per heavy atom. The van der Waals surface area contributed by atoms with E-state index in [-0.39, 0.29) is 19.4 Å². The normalized spacial score (nSPS) is 17.4. The molecule has 1 atom stereocenters. The number of methoxy groups -OCH3 is 3. The number of cyclic esters (lactones) is 1. The summed E-state index contributed by atoms with van der Waals surface area (Å²) >= 11 is 0. The molecule has 0 saturated heterocycles. The van der Waals surface area contributed by atoms with Crippen LogP contribution < -0.4 is 28.6 Å². The molecule has 0 N–H and O–H groups in total. The topological polar surface area (TPSA) is 75.7 Å². The van der Waals surface area contributed by atoms with Crippen molar-refractivity contribution in [2.75, 3.05) is 39.6 Å². The first-order valence-electron chi connectivity index (χ1n) is 12.0. The quantitative estimate of drug-likeness (QED) is 0.450. The zero-order valence-electron chi connectivity index (χ0n) is 21.1. The van der Waals surface area contributed by atoms with E-state index in [2.05, 4.69) is 36.1 Å². The van der Waals surface area contributed by atoms with Crippen LogP contribution in [0, 0.1) is 6.92 Å². The van der Waals surface area contributed by atoms with Crippen LogP contribution in [0.25, 0.3) is 0 Å². The average Bonchev–Trinajstić information content (AvgIpc) is 3.54. The van der Waals surface area contributed by atoms with Crippen molar-refractivity contribution in [3.63, 3.8) is 0 Å². The molecule has 37 heavy (non-hydrogen) atoms. The van der Waals surface area contributed by atoms with Crippen molar-refractivity contribution in [3.8, 4) is 28.7 Å². The molecule has 0 amide bonds. The first kappa shape index (κ1) is 23.1. The SMILES string of the molecule is COc1cc(C2C3=C(COC3=O)N(Cc3ccc(C)cc3)c3cc4c(cc32)OCO4)cc(OC)c1OC. The van der Waals surface area contributed by atoms with Gasteiger partial charge in [-0.25, -0.2) is 4.79 Å². The molecule has 0 bridgehead atoms. The first-order chi connectivity index (χ1) is 18.0. The number of esters is 1. The third-order valence-electron chi connectivity index (χ3n) is 7.09. The van der Waals surface area contributed by atoms with Gasteiger partial charge in [0, 0.05) is 24.2 Å².